The predicted molar refractivity (Wildman–Crippen MR) is 85.9 cm³/mol. The van der Waals surface area contributed by atoms with Crippen molar-refractivity contribution >= 4 is 11.2 Å². The molecule has 3 aromatic rings. The van der Waals surface area contributed by atoms with Crippen LogP contribution in [0.2, 0.25) is 0 Å². The van der Waals surface area contributed by atoms with Gasteiger partial charge < -0.3 is 9.30 Å². The molecule has 0 amide bonds. The van der Waals surface area contributed by atoms with Crippen molar-refractivity contribution in [2.24, 2.45) is 0 Å². The third kappa shape index (κ3) is 2.50. The van der Waals surface area contributed by atoms with Crippen molar-refractivity contribution in [3.8, 4) is 0 Å². The number of imidazole rings is 1. The molecule has 0 saturated carbocycles. The number of fused-ring (bicyclic) bond motifs is 1. The maximum atomic E-state index is 5.68. The van der Waals surface area contributed by atoms with Crippen molar-refractivity contribution in [2.45, 2.75) is 25.3 Å². The van der Waals surface area contributed by atoms with Crippen LogP contribution in [0.15, 0.2) is 48.7 Å². The fraction of sp³-hybridized carbons (Fsp3) is 0.333. The number of nitrogens with zero attached hydrogens (tertiary/aromatic N) is 3. The van der Waals surface area contributed by atoms with Gasteiger partial charge >= 0.3 is 0 Å². The molecule has 1 aromatic carbocycles. The summed E-state index contributed by atoms with van der Waals surface area (Å²) in [6.07, 6.45) is 4.90. The molecule has 0 radical (unpaired) electrons. The monoisotopic (exact) mass is 293 g/mol. The molecule has 4 heteroatoms. The number of hydrogen-bond donors (Lipinski definition) is 0. The molecule has 1 saturated heterocycles. The zero-order chi connectivity index (χ0) is 14.8. The minimum atomic E-state index is 0.340. The first-order valence-corrected chi connectivity index (χ1v) is 7.85. The van der Waals surface area contributed by atoms with E-state index in [1.807, 2.05) is 24.4 Å². The average molecular weight is 293 g/mol. The summed E-state index contributed by atoms with van der Waals surface area (Å²) in [5.74, 6) is 1.08. The van der Waals surface area contributed by atoms with Gasteiger partial charge in [0, 0.05) is 19.2 Å². The van der Waals surface area contributed by atoms with Gasteiger partial charge in [0.1, 0.15) is 11.3 Å². The largest absolute Gasteiger partial charge is 0.379 e. The van der Waals surface area contributed by atoms with Gasteiger partial charge in [0.15, 0.2) is 5.65 Å². The van der Waals surface area contributed by atoms with Gasteiger partial charge in [-0.05, 0) is 30.5 Å². The van der Waals surface area contributed by atoms with Crippen LogP contribution < -0.4 is 0 Å². The Morgan fingerprint density at radius 1 is 1.14 bits per heavy atom. The van der Waals surface area contributed by atoms with Crippen LogP contribution in [0.1, 0.15) is 30.3 Å². The highest BCUT2D eigenvalue weighted by Crippen LogP contribution is 2.27. The van der Waals surface area contributed by atoms with E-state index in [0.717, 1.165) is 49.5 Å². The van der Waals surface area contributed by atoms with Gasteiger partial charge in [0.25, 0.3) is 0 Å². The summed E-state index contributed by atoms with van der Waals surface area (Å²) >= 11 is 0. The molecule has 0 N–H and O–H groups in total. The molecule has 0 spiro atoms. The maximum Gasteiger partial charge on any atom is 0.160 e. The van der Waals surface area contributed by atoms with E-state index in [4.69, 9.17) is 9.72 Å². The van der Waals surface area contributed by atoms with E-state index in [1.165, 1.54) is 5.56 Å². The zero-order valence-electron chi connectivity index (χ0n) is 12.5. The molecule has 0 aliphatic carbocycles. The van der Waals surface area contributed by atoms with Gasteiger partial charge in [0.05, 0.1) is 12.6 Å². The van der Waals surface area contributed by atoms with Crippen LogP contribution in [-0.4, -0.2) is 27.7 Å². The van der Waals surface area contributed by atoms with E-state index in [1.54, 1.807) is 0 Å². The van der Waals surface area contributed by atoms with Gasteiger partial charge in [-0.25, -0.2) is 9.97 Å². The van der Waals surface area contributed by atoms with Crippen molar-refractivity contribution in [3.63, 3.8) is 0 Å². The Hall–Kier alpha value is -2.20. The van der Waals surface area contributed by atoms with Crippen LogP contribution in [-0.2, 0) is 11.2 Å². The molecule has 1 atom stereocenters. The van der Waals surface area contributed by atoms with Crippen LogP contribution >= 0.6 is 0 Å². The SMILES string of the molecule is c1ccc(Cc2nc3cccnc3n2C2CCCOC2)cc1. The van der Waals surface area contributed by atoms with Gasteiger partial charge in [0.2, 0.25) is 0 Å². The first-order chi connectivity index (χ1) is 10.9. The molecular formula is C18H19N3O. The molecule has 2 aromatic heterocycles. The Labute approximate surface area is 129 Å². The molecule has 112 valence electrons. The fourth-order valence-electron chi connectivity index (χ4n) is 3.19. The molecule has 1 unspecified atom stereocenters. The van der Waals surface area contributed by atoms with Crippen LogP contribution in [0.3, 0.4) is 0 Å². The van der Waals surface area contributed by atoms with Crippen LogP contribution in [0.4, 0.5) is 0 Å². The second kappa shape index (κ2) is 5.89. The van der Waals surface area contributed by atoms with E-state index in [2.05, 4.69) is 33.8 Å². The highest BCUT2D eigenvalue weighted by molar-refractivity contribution is 5.71. The first-order valence-electron chi connectivity index (χ1n) is 7.85. The summed E-state index contributed by atoms with van der Waals surface area (Å²) in [5, 5.41) is 0. The Kier molecular flexibility index (Phi) is 3.60. The molecule has 3 heterocycles. The predicted octanol–water partition coefficient (Wildman–Crippen LogP) is 3.37. The van der Waals surface area contributed by atoms with Crippen molar-refractivity contribution in [3.05, 3.63) is 60.0 Å². The molecule has 1 aliphatic heterocycles. The van der Waals surface area contributed by atoms with E-state index < -0.39 is 0 Å². The summed E-state index contributed by atoms with van der Waals surface area (Å²) < 4.78 is 7.98. The fourth-order valence-corrected chi connectivity index (χ4v) is 3.19. The smallest absolute Gasteiger partial charge is 0.160 e. The van der Waals surface area contributed by atoms with Crippen LogP contribution in [0.25, 0.3) is 11.2 Å². The first kappa shape index (κ1) is 13.5. The Balaban J connectivity index is 1.79. The molecule has 1 aliphatic rings. The molecular weight excluding hydrogens is 274 g/mol. The van der Waals surface area contributed by atoms with Gasteiger partial charge in [-0.15, -0.1) is 0 Å². The highest BCUT2D eigenvalue weighted by atomic mass is 16.5. The third-order valence-corrected chi connectivity index (χ3v) is 4.23. The minimum Gasteiger partial charge on any atom is -0.379 e. The lowest BCUT2D eigenvalue weighted by Gasteiger charge is -2.25. The Bertz CT molecular complexity index is 760. The van der Waals surface area contributed by atoms with Crippen molar-refractivity contribution in [1.82, 2.24) is 14.5 Å². The number of benzene rings is 1. The van der Waals surface area contributed by atoms with Crippen molar-refractivity contribution < 1.29 is 4.74 Å². The van der Waals surface area contributed by atoms with Crippen molar-refractivity contribution in [1.29, 1.82) is 0 Å². The van der Waals surface area contributed by atoms with Crippen molar-refractivity contribution in [2.75, 3.05) is 13.2 Å². The lowest BCUT2D eigenvalue weighted by Crippen LogP contribution is -2.23. The zero-order valence-corrected chi connectivity index (χ0v) is 12.5. The second-order valence-corrected chi connectivity index (χ2v) is 5.78. The minimum absolute atomic E-state index is 0.340. The maximum absolute atomic E-state index is 5.68. The lowest BCUT2D eigenvalue weighted by atomic mass is 10.1. The Morgan fingerprint density at radius 3 is 2.86 bits per heavy atom. The number of ether oxygens (including phenoxy) is 1. The number of aromatic nitrogens is 3. The summed E-state index contributed by atoms with van der Waals surface area (Å²) in [7, 11) is 0. The molecule has 0 bridgehead atoms. The molecule has 4 nitrogen and oxygen atoms in total. The van der Waals surface area contributed by atoms with Gasteiger partial charge in [-0.1, -0.05) is 30.3 Å². The lowest BCUT2D eigenvalue weighted by molar-refractivity contribution is 0.0595. The molecule has 4 rings (SSSR count). The average Bonchev–Trinajstić information content (AvgIpc) is 2.94. The number of pyridine rings is 1. The summed E-state index contributed by atoms with van der Waals surface area (Å²) in [4.78, 5) is 9.39. The topological polar surface area (TPSA) is 39.9 Å². The molecule has 1 fully saturated rings. The van der Waals surface area contributed by atoms with E-state index in [9.17, 15) is 0 Å². The Morgan fingerprint density at radius 2 is 2.05 bits per heavy atom. The normalized spacial score (nSPS) is 18.6. The molecule has 22 heavy (non-hydrogen) atoms. The van der Waals surface area contributed by atoms with E-state index >= 15 is 0 Å². The van der Waals surface area contributed by atoms with Gasteiger partial charge in [-0.2, -0.15) is 0 Å². The second-order valence-electron chi connectivity index (χ2n) is 5.78. The van der Waals surface area contributed by atoms with E-state index in [-0.39, 0.29) is 0 Å². The number of rotatable bonds is 3. The van der Waals surface area contributed by atoms with Crippen LogP contribution in [0.5, 0.6) is 0 Å². The summed E-state index contributed by atoms with van der Waals surface area (Å²) in [6.45, 7) is 1.62. The quantitative estimate of drug-likeness (QED) is 0.743. The highest BCUT2D eigenvalue weighted by Gasteiger charge is 2.22. The van der Waals surface area contributed by atoms with Gasteiger partial charge in [-0.3, -0.25) is 0 Å². The summed E-state index contributed by atoms with van der Waals surface area (Å²) in [6, 6.07) is 14.8. The standard InChI is InChI=1S/C18H19N3O/c1-2-6-14(7-3-1)12-17-20-16-9-4-10-19-18(16)21(17)15-8-5-11-22-13-15/h1-4,6-7,9-10,15H,5,8,11-13H2. The summed E-state index contributed by atoms with van der Waals surface area (Å²) in [5.41, 5.74) is 3.22. The van der Waals surface area contributed by atoms with E-state index in [0.29, 0.717) is 6.04 Å². The number of hydrogen-bond acceptors (Lipinski definition) is 3. The third-order valence-electron chi connectivity index (χ3n) is 4.23. The van der Waals surface area contributed by atoms with Crippen LogP contribution in [0, 0.1) is 0 Å².